The molecule has 0 aliphatic rings. The third-order valence-electron chi connectivity index (χ3n) is 2.06. The molecular weight excluding hydrogens is 170 g/mol. The number of rotatable bonds is 3. The van der Waals surface area contributed by atoms with Crippen molar-refractivity contribution in [2.24, 2.45) is 5.92 Å². The van der Waals surface area contributed by atoms with E-state index in [1.54, 1.807) is 0 Å². The van der Waals surface area contributed by atoms with Crippen LogP contribution in [0.1, 0.15) is 34.1 Å². The zero-order chi connectivity index (χ0) is 11.2. The van der Waals surface area contributed by atoms with Crippen LogP contribution in [0.25, 0.3) is 0 Å². The van der Waals surface area contributed by atoms with E-state index in [-0.39, 0.29) is 0 Å². The van der Waals surface area contributed by atoms with Gasteiger partial charge >= 0.3 is 0 Å². The minimum atomic E-state index is 0.529. The third-order valence-corrected chi connectivity index (χ3v) is 2.06. The lowest BCUT2D eigenvalue weighted by Crippen LogP contribution is -2.33. The molecule has 1 atom stereocenters. The van der Waals surface area contributed by atoms with Crippen molar-refractivity contribution >= 4 is 0 Å². The Morgan fingerprint density at radius 3 is 2.36 bits per heavy atom. The van der Waals surface area contributed by atoms with Gasteiger partial charge in [-0.15, -0.1) is 0 Å². The van der Waals surface area contributed by atoms with Crippen LogP contribution in [0.5, 0.6) is 0 Å². The maximum absolute atomic E-state index is 3.27. The molecule has 0 spiro atoms. The average molecular weight is 194 g/mol. The molecule has 1 nitrogen and oxygen atoms in total. The molecule has 0 aromatic carbocycles. The molecular formula is C13H24N+. The predicted octanol–water partition coefficient (Wildman–Crippen LogP) is 3.04. The summed E-state index contributed by atoms with van der Waals surface area (Å²) >= 11 is 0. The van der Waals surface area contributed by atoms with Gasteiger partial charge in [-0.1, -0.05) is 19.8 Å². The molecule has 0 aromatic heterocycles. The molecule has 0 rings (SSSR count). The molecule has 0 aromatic rings. The largest absolute Gasteiger partial charge is 0.292 e. The molecule has 0 aliphatic carbocycles. The molecule has 0 saturated carbocycles. The lowest BCUT2D eigenvalue weighted by Gasteiger charge is -2.22. The highest BCUT2D eigenvalue weighted by atomic mass is 15.3. The van der Waals surface area contributed by atoms with Gasteiger partial charge in [0.15, 0.2) is 0 Å². The first-order chi connectivity index (χ1) is 6.37. The summed E-state index contributed by atoms with van der Waals surface area (Å²) in [5.41, 5.74) is 1.35. The second-order valence-electron chi connectivity index (χ2n) is 4.77. The summed E-state index contributed by atoms with van der Waals surface area (Å²) < 4.78 is 0.853. The van der Waals surface area contributed by atoms with Gasteiger partial charge in [-0.05, 0) is 31.8 Å². The van der Waals surface area contributed by atoms with E-state index in [0.717, 1.165) is 17.4 Å². The summed E-state index contributed by atoms with van der Waals surface area (Å²) in [6.45, 7) is 9.50. The summed E-state index contributed by atoms with van der Waals surface area (Å²) in [6, 6.07) is 0. The maximum atomic E-state index is 3.27. The molecule has 0 aliphatic heterocycles. The fraction of sp³-hybridized carbons (Fsp3) is 0.692. The second kappa shape index (κ2) is 5.88. The number of hydrogen-bond donors (Lipinski definition) is 0. The Morgan fingerprint density at radius 1 is 1.36 bits per heavy atom. The van der Waals surface area contributed by atoms with E-state index in [2.05, 4.69) is 59.8 Å². The highest BCUT2D eigenvalue weighted by Crippen LogP contribution is 2.03. The maximum Gasteiger partial charge on any atom is 0.144 e. The quantitative estimate of drug-likeness (QED) is 0.478. The van der Waals surface area contributed by atoms with Crippen molar-refractivity contribution in [1.29, 1.82) is 0 Å². The number of quaternary nitrogens is 1. The Morgan fingerprint density at radius 2 is 1.93 bits per heavy atom. The van der Waals surface area contributed by atoms with Crippen LogP contribution in [0.3, 0.4) is 0 Å². The second-order valence-corrected chi connectivity index (χ2v) is 4.77. The van der Waals surface area contributed by atoms with Crippen LogP contribution in [0.4, 0.5) is 0 Å². The van der Waals surface area contributed by atoms with Crippen LogP contribution in [0.2, 0.25) is 0 Å². The van der Waals surface area contributed by atoms with Crippen LogP contribution in [-0.4, -0.2) is 25.1 Å². The number of allylic oxidation sites excluding steroid dienone is 1. The first-order valence-electron chi connectivity index (χ1n) is 5.34. The monoisotopic (exact) mass is 194 g/mol. The van der Waals surface area contributed by atoms with Crippen molar-refractivity contribution in [3.8, 4) is 11.8 Å². The van der Waals surface area contributed by atoms with E-state index in [1.165, 1.54) is 5.57 Å². The lowest BCUT2D eigenvalue weighted by atomic mass is 10.1. The van der Waals surface area contributed by atoms with E-state index in [1.807, 2.05) is 0 Å². The first-order valence-corrected chi connectivity index (χ1v) is 5.34. The number of nitrogens with zero attached hydrogens (tertiary/aromatic N) is 1. The SMILES string of the molecule is CCC(C)C#CC[N+](C)(C)C=C(C)C. The zero-order valence-electron chi connectivity index (χ0n) is 10.5. The standard InChI is InChI=1S/C13H24N/c1-7-13(4)9-8-10-14(5,6)11-12(2)3/h11,13H,7,10H2,1-6H3/q+1. The summed E-state index contributed by atoms with van der Waals surface area (Å²) in [6.07, 6.45) is 3.38. The predicted molar refractivity (Wildman–Crippen MR) is 63.6 cm³/mol. The molecule has 0 fully saturated rings. The van der Waals surface area contributed by atoms with E-state index in [0.29, 0.717) is 5.92 Å². The molecule has 0 amide bonds. The van der Waals surface area contributed by atoms with Gasteiger partial charge in [-0.2, -0.15) is 0 Å². The van der Waals surface area contributed by atoms with E-state index in [9.17, 15) is 0 Å². The molecule has 0 bridgehead atoms. The molecule has 1 heteroatoms. The van der Waals surface area contributed by atoms with Gasteiger partial charge in [0.05, 0.1) is 20.3 Å². The Labute approximate surface area is 89.4 Å². The Kier molecular flexibility index (Phi) is 5.57. The Hall–Kier alpha value is -0.740. The minimum Gasteiger partial charge on any atom is -0.292 e. The molecule has 1 unspecified atom stereocenters. The van der Waals surface area contributed by atoms with Gasteiger partial charge in [-0.3, -0.25) is 4.48 Å². The van der Waals surface area contributed by atoms with E-state index < -0.39 is 0 Å². The molecule has 0 N–H and O–H groups in total. The van der Waals surface area contributed by atoms with Crippen LogP contribution in [0, 0.1) is 17.8 Å². The van der Waals surface area contributed by atoms with Crippen molar-refractivity contribution in [2.75, 3.05) is 20.6 Å². The van der Waals surface area contributed by atoms with Crippen molar-refractivity contribution in [2.45, 2.75) is 34.1 Å². The molecule has 80 valence electrons. The highest BCUT2D eigenvalue weighted by Gasteiger charge is 2.08. The van der Waals surface area contributed by atoms with E-state index in [4.69, 9.17) is 0 Å². The molecule has 0 saturated heterocycles. The minimum absolute atomic E-state index is 0.529. The van der Waals surface area contributed by atoms with Crippen molar-refractivity contribution < 1.29 is 4.48 Å². The topological polar surface area (TPSA) is 0 Å². The number of hydrogen-bond acceptors (Lipinski definition) is 0. The smallest absolute Gasteiger partial charge is 0.144 e. The van der Waals surface area contributed by atoms with Gasteiger partial charge in [0, 0.05) is 5.92 Å². The van der Waals surface area contributed by atoms with Gasteiger partial charge in [-0.25, -0.2) is 0 Å². The Bertz CT molecular complexity index is 246. The highest BCUT2D eigenvalue weighted by molar-refractivity contribution is 5.03. The summed E-state index contributed by atoms with van der Waals surface area (Å²) in [5, 5.41) is 0. The van der Waals surface area contributed by atoms with Crippen molar-refractivity contribution in [3.05, 3.63) is 11.8 Å². The van der Waals surface area contributed by atoms with Gasteiger partial charge in [0.1, 0.15) is 6.54 Å². The summed E-state index contributed by atoms with van der Waals surface area (Å²) in [5.74, 6) is 7.06. The fourth-order valence-electron chi connectivity index (χ4n) is 1.27. The van der Waals surface area contributed by atoms with Crippen LogP contribution in [-0.2, 0) is 0 Å². The summed E-state index contributed by atoms with van der Waals surface area (Å²) in [4.78, 5) is 0. The van der Waals surface area contributed by atoms with Gasteiger partial charge < -0.3 is 0 Å². The summed E-state index contributed by atoms with van der Waals surface area (Å²) in [7, 11) is 4.36. The van der Waals surface area contributed by atoms with Crippen molar-refractivity contribution in [1.82, 2.24) is 0 Å². The van der Waals surface area contributed by atoms with Crippen LogP contribution in [0.15, 0.2) is 11.8 Å². The lowest BCUT2D eigenvalue weighted by molar-refractivity contribution is -0.831. The van der Waals surface area contributed by atoms with Gasteiger partial charge in [0.2, 0.25) is 0 Å². The molecule has 0 radical (unpaired) electrons. The fourth-order valence-corrected chi connectivity index (χ4v) is 1.27. The van der Waals surface area contributed by atoms with Crippen LogP contribution >= 0.6 is 0 Å². The average Bonchev–Trinajstić information content (AvgIpc) is 2.01. The molecule has 0 heterocycles. The molecule has 14 heavy (non-hydrogen) atoms. The van der Waals surface area contributed by atoms with Crippen molar-refractivity contribution in [3.63, 3.8) is 0 Å². The normalized spacial score (nSPS) is 12.7. The Balaban J connectivity index is 4.22. The first kappa shape index (κ1) is 13.3. The van der Waals surface area contributed by atoms with Crippen LogP contribution < -0.4 is 0 Å². The van der Waals surface area contributed by atoms with E-state index >= 15 is 0 Å². The van der Waals surface area contributed by atoms with Gasteiger partial charge in [0.25, 0.3) is 0 Å². The zero-order valence-corrected chi connectivity index (χ0v) is 10.5. The third kappa shape index (κ3) is 6.74.